The van der Waals surface area contributed by atoms with Crippen molar-refractivity contribution in [2.75, 3.05) is 0 Å². The number of hydrogen-bond donors (Lipinski definition) is 0. The lowest BCUT2D eigenvalue weighted by molar-refractivity contribution is 0.416. The maximum atomic E-state index is 5.88. The quantitative estimate of drug-likeness (QED) is 0.673. The maximum Gasteiger partial charge on any atom is 0.275 e. The van der Waals surface area contributed by atoms with Gasteiger partial charge in [0.2, 0.25) is 0 Å². The van der Waals surface area contributed by atoms with Gasteiger partial charge in [0.25, 0.3) is 9.03 Å². The molecule has 0 fully saturated rings. The zero-order chi connectivity index (χ0) is 14.7. The van der Waals surface area contributed by atoms with Crippen molar-refractivity contribution < 1.29 is 9.05 Å². The van der Waals surface area contributed by atoms with E-state index in [0.29, 0.717) is 5.92 Å². The maximum absolute atomic E-state index is 5.88. The van der Waals surface area contributed by atoms with Crippen molar-refractivity contribution in [3.8, 4) is 5.75 Å². The summed E-state index contributed by atoms with van der Waals surface area (Å²) < 4.78 is 11.7. The van der Waals surface area contributed by atoms with Crippen molar-refractivity contribution >= 4 is 14.6 Å². The molecule has 3 heteroatoms. The van der Waals surface area contributed by atoms with Crippen molar-refractivity contribution in [1.29, 1.82) is 0 Å². The topological polar surface area (TPSA) is 18.5 Å². The molecule has 0 amide bonds. The standard InChI is InChI=1S/C18H21O2P/c1-3-4-8-14-9-7-12-17-18(14)13(2)15-10-5-6-11-16(15)19-21-20-17/h5-7,9-12,14,21H,3-4,8H2,1-2H3. The van der Waals surface area contributed by atoms with E-state index < -0.39 is 0 Å². The van der Waals surface area contributed by atoms with Crippen LogP contribution in [0.1, 0.15) is 38.7 Å². The first-order valence-corrected chi connectivity index (χ1v) is 8.40. The Morgan fingerprint density at radius 1 is 1.19 bits per heavy atom. The van der Waals surface area contributed by atoms with Gasteiger partial charge in [-0.15, -0.1) is 0 Å². The molecular formula is C18H21O2P. The highest BCUT2D eigenvalue weighted by molar-refractivity contribution is 7.26. The van der Waals surface area contributed by atoms with Gasteiger partial charge in [-0.2, -0.15) is 0 Å². The number of allylic oxidation sites excluding steroid dienone is 5. The minimum absolute atomic E-state index is 0.0127. The normalized spacial score (nSPS) is 21.6. The Labute approximate surface area is 128 Å². The van der Waals surface area contributed by atoms with E-state index >= 15 is 0 Å². The Bertz CT molecular complexity index is 613. The molecular weight excluding hydrogens is 279 g/mol. The van der Waals surface area contributed by atoms with Crippen LogP contribution in [0.15, 0.2) is 53.8 Å². The van der Waals surface area contributed by atoms with Gasteiger partial charge in [-0.3, -0.25) is 0 Å². The van der Waals surface area contributed by atoms with Crippen molar-refractivity contribution in [2.45, 2.75) is 33.1 Å². The summed E-state index contributed by atoms with van der Waals surface area (Å²) in [6.07, 6.45) is 10.1. The van der Waals surface area contributed by atoms with Gasteiger partial charge in [-0.25, -0.2) is 0 Å². The molecule has 0 aromatic heterocycles. The van der Waals surface area contributed by atoms with E-state index in [-0.39, 0.29) is 9.03 Å². The highest BCUT2D eigenvalue weighted by Crippen LogP contribution is 2.43. The zero-order valence-corrected chi connectivity index (χ0v) is 13.6. The minimum Gasteiger partial charge on any atom is -0.440 e. The predicted octanol–water partition coefficient (Wildman–Crippen LogP) is 5.64. The molecule has 2 aliphatic rings. The first kappa shape index (κ1) is 14.4. The van der Waals surface area contributed by atoms with E-state index in [1.165, 1.54) is 36.0 Å². The molecule has 0 saturated heterocycles. The number of rotatable bonds is 3. The molecule has 21 heavy (non-hydrogen) atoms. The molecule has 2 nitrogen and oxygen atoms in total. The fourth-order valence-electron chi connectivity index (χ4n) is 2.98. The van der Waals surface area contributed by atoms with E-state index in [1.54, 1.807) is 0 Å². The third kappa shape index (κ3) is 2.91. The Morgan fingerprint density at radius 3 is 2.90 bits per heavy atom. The number of fused-ring (bicyclic) bond motifs is 2. The van der Waals surface area contributed by atoms with Gasteiger partial charge in [-0.05, 0) is 31.1 Å². The van der Waals surface area contributed by atoms with Crippen LogP contribution in [0.3, 0.4) is 0 Å². The molecule has 2 unspecified atom stereocenters. The first-order chi connectivity index (χ1) is 10.3. The lowest BCUT2D eigenvalue weighted by atomic mass is 9.84. The molecule has 110 valence electrons. The second-order valence-electron chi connectivity index (χ2n) is 5.49. The summed E-state index contributed by atoms with van der Waals surface area (Å²) in [4.78, 5) is 0. The van der Waals surface area contributed by atoms with Crippen LogP contribution in [0.25, 0.3) is 5.57 Å². The molecule has 0 radical (unpaired) electrons. The summed E-state index contributed by atoms with van der Waals surface area (Å²) in [6, 6.07) is 8.24. The third-order valence-electron chi connectivity index (χ3n) is 4.09. The Morgan fingerprint density at radius 2 is 2.05 bits per heavy atom. The molecule has 1 aliphatic heterocycles. The van der Waals surface area contributed by atoms with Crippen LogP contribution in [-0.2, 0) is 4.52 Å². The molecule has 0 bridgehead atoms. The number of benzene rings is 1. The van der Waals surface area contributed by atoms with Gasteiger partial charge < -0.3 is 9.05 Å². The molecule has 0 saturated carbocycles. The van der Waals surface area contributed by atoms with Gasteiger partial charge in [0.15, 0.2) is 0 Å². The second-order valence-corrected chi connectivity index (χ2v) is 6.06. The van der Waals surface area contributed by atoms with Gasteiger partial charge in [0, 0.05) is 17.1 Å². The Balaban J connectivity index is 2.08. The summed E-state index contributed by atoms with van der Waals surface area (Å²) in [5.41, 5.74) is 3.78. The van der Waals surface area contributed by atoms with Crippen molar-refractivity contribution in [1.82, 2.24) is 0 Å². The van der Waals surface area contributed by atoms with E-state index in [4.69, 9.17) is 9.05 Å². The van der Waals surface area contributed by atoms with Crippen LogP contribution in [0.5, 0.6) is 5.75 Å². The van der Waals surface area contributed by atoms with E-state index in [2.05, 4.69) is 44.2 Å². The Kier molecular flexibility index (Phi) is 4.45. The van der Waals surface area contributed by atoms with Crippen LogP contribution in [0, 0.1) is 5.92 Å². The highest BCUT2D eigenvalue weighted by atomic mass is 31.1. The van der Waals surface area contributed by atoms with Gasteiger partial charge >= 0.3 is 0 Å². The summed E-state index contributed by atoms with van der Waals surface area (Å²) in [5.74, 6) is 2.34. The fraction of sp³-hybridized carbons (Fsp3) is 0.333. The summed E-state index contributed by atoms with van der Waals surface area (Å²) >= 11 is 0. The summed E-state index contributed by atoms with van der Waals surface area (Å²) in [7, 11) is 0.0127. The van der Waals surface area contributed by atoms with Gasteiger partial charge in [-0.1, -0.05) is 50.1 Å². The average molecular weight is 300 g/mol. The molecule has 1 heterocycles. The van der Waals surface area contributed by atoms with Gasteiger partial charge in [0.1, 0.15) is 11.5 Å². The molecule has 2 atom stereocenters. The number of unbranched alkanes of at least 4 members (excludes halogenated alkanes) is 1. The molecule has 3 rings (SSSR count). The molecule has 1 aromatic carbocycles. The largest absolute Gasteiger partial charge is 0.440 e. The van der Waals surface area contributed by atoms with Gasteiger partial charge in [0.05, 0.1) is 0 Å². The highest BCUT2D eigenvalue weighted by Gasteiger charge is 2.25. The lowest BCUT2D eigenvalue weighted by Gasteiger charge is -2.27. The first-order valence-electron chi connectivity index (χ1n) is 7.59. The number of hydrogen-bond acceptors (Lipinski definition) is 2. The molecule has 0 spiro atoms. The summed E-state index contributed by atoms with van der Waals surface area (Å²) in [5, 5.41) is 0. The molecule has 1 aliphatic carbocycles. The fourth-order valence-corrected chi connectivity index (χ4v) is 3.56. The number of para-hydroxylation sites is 1. The average Bonchev–Trinajstić information content (AvgIpc) is 2.51. The zero-order valence-electron chi connectivity index (χ0n) is 12.6. The third-order valence-corrected chi connectivity index (χ3v) is 4.70. The minimum atomic E-state index is 0.0127. The Hall–Kier alpha value is -1.53. The predicted molar refractivity (Wildman–Crippen MR) is 89.3 cm³/mol. The molecule has 1 aromatic rings. The monoisotopic (exact) mass is 300 g/mol. The van der Waals surface area contributed by atoms with Crippen LogP contribution in [0.2, 0.25) is 0 Å². The van der Waals surface area contributed by atoms with E-state index in [0.717, 1.165) is 11.5 Å². The van der Waals surface area contributed by atoms with Crippen LogP contribution in [0.4, 0.5) is 0 Å². The lowest BCUT2D eigenvalue weighted by Crippen LogP contribution is -2.11. The van der Waals surface area contributed by atoms with Crippen LogP contribution >= 0.6 is 9.03 Å². The smallest absolute Gasteiger partial charge is 0.275 e. The van der Waals surface area contributed by atoms with Crippen molar-refractivity contribution in [3.63, 3.8) is 0 Å². The SMILES string of the molecule is CCCCC1C=CC=C2OPOc3ccccc3C(C)=C21. The van der Waals surface area contributed by atoms with E-state index in [1.807, 2.05) is 12.1 Å². The van der Waals surface area contributed by atoms with Crippen LogP contribution in [-0.4, -0.2) is 0 Å². The molecule has 0 N–H and O–H groups in total. The van der Waals surface area contributed by atoms with E-state index in [9.17, 15) is 0 Å². The van der Waals surface area contributed by atoms with Crippen molar-refractivity contribution in [3.05, 3.63) is 59.4 Å². The van der Waals surface area contributed by atoms with Crippen LogP contribution < -0.4 is 4.52 Å². The second kappa shape index (κ2) is 6.49. The summed E-state index contributed by atoms with van der Waals surface area (Å²) in [6.45, 7) is 4.42. The van der Waals surface area contributed by atoms with Crippen molar-refractivity contribution in [2.24, 2.45) is 5.92 Å².